The number of carbonyl (C=O) groups excluding carboxylic acids is 1. The van der Waals surface area contributed by atoms with Gasteiger partial charge in [-0.25, -0.2) is 0 Å². The molecular weight excluding hydrogens is 270 g/mol. The second kappa shape index (κ2) is 5.91. The summed E-state index contributed by atoms with van der Waals surface area (Å²) < 4.78 is 0. The molecule has 1 aromatic carbocycles. The fourth-order valence-corrected chi connectivity index (χ4v) is 3.96. The normalized spacial score (nSPS) is 28.8. The Morgan fingerprint density at radius 3 is 2.82 bits per heavy atom. The average Bonchev–Trinajstić information content (AvgIpc) is 2.46. The minimum absolute atomic E-state index is 0.000321. The van der Waals surface area contributed by atoms with Crippen molar-refractivity contribution < 1.29 is 4.79 Å². The number of rotatable bonds is 2. The van der Waals surface area contributed by atoms with Gasteiger partial charge in [-0.1, -0.05) is 44.0 Å². The number of hydrogen-bond donors (Lipinski definition) is 1. The summed E-state index contributed by atoms with van der Waals surface area (Å²) in [7, 11) is 0. The maximum atomic E-state index is 12.7. The predicted octanol–water partition coefficient (Wildman–Crippen LogP) is 4.35. The summed E-state index contributed by atoms with van der Waals surface area (Å²) in [6.07, 6.45) is 7.44. The maximum absolute atomic E-state index is 12.7. The van der Waals surface area contributed by atoms with Crippen molar-refractivity contribution in [2.45, 2.75) is 58.4 Å². The molecule has 0 saturated heterocycles. The Labute approximate surface area is 134 Å². The van der Waals surface area contributed by atoms with Crippen LogP contribution in [0, 0.1) is 11.8 Å². The molecule has 0 bridgehead atoms. The topological polar surface area (TPSA) is 29.1 Å². The number of nitrogens with one attached hydrogen (secondary N) is 1. The largest absolute Gasteiger partial charge is 0.379 e. The summed E-state index contributed by atoms with van der Waals surface area (Å²) in [6, 6.07) is 8.45. The zero-order valence-corrected chi connectivity index (χ0v) is 14.0. The molecule has 1 saturated carbocycles. The molecule has 1 heterocycles. The van der Waals surface area contributed by atoms with Gasteiger partial charge in [0.25, 0.3) is 0 Å². The van der Waals surface area contributed by atoms with Crippen LogP contribution in [-0.4, -0.2) is 11.3 Å². The van der Waals surface area contributed by atoms with Gasteiger partial charge in [-0.3, -0.25) is 4.79 Å². The van der Waals surface area contributed by atoms with Gasteiger partial charge >= 0.3 is 0 Å². The first-order valence-electron chi connectivity index (χ1n) is 8.56. The Morgan fingerprint density at radius 1 is 1.27 bits per heavy atom. The van der Waals surface area contributed by atoms with E-state index in [1.807, 2.05) is 6.08 Å². The van der Waals surface area contributed by atoms with Gasteiger partial charge in [-0.15, -0.1) is 0 Å². The van der Waals surface area contributed by atoms with Gasteiger partial charge < -0.3 is 5.32 Å². The molecule has 0 amide bonds. The molecule has 0 radical (unpaired) electrons. The highest BCUT2D eigenvalue weighted by molar-refractivity contribution is 5.98. The fourth-order valence-electron chi connectivity index (χ4n) is 3.96. The third kappa shape index (κ3) is 3.26. The lowest BCUT2D eigenvalue weighted by molar-refractivity contribution is -0.119. The number of allylic oxidation sites excluding steroid dienone is 1. The predicted molar refractivity (Wildman–Crippen MR) is 91.5 cm³/mol. The standard InChI is InChI=1S/C20H27NO/c1-14-7-6-9-15(11-14)19(22)12-18-17-10-5-4-8-16(17)13-20(2,3)21-18/h4-5,8,10,12,14-15,21H,6-7,9,11,13H2,1-3H3/t14-,15+/m1/s1. The third-order valence-corrected chi connectivity index (χ3v) is 5.04. The molecule has 2 atom stereocenters. The molecule has 1 aromatic rings. The van der Waals surface area contributed by atoms with E-state index in [0.717, 1.165) is 25.0 Å². The van der Waals surface area contributed by atoms with Gasteiger partial charge in [-0.2, -0.15) is 0 Å². The zero-order chi connectivity index (χ0) is 15.7. The van der Waals surface area contributed by atoms with Crippen LogP contribution in [0.2, 0.25) is 0 Å². The Hall–Kier alpha value is -1.57. The summed E-state index contributed by atoms with van der Waals surface area (Å²) >= 11 is 0. The molecule has 118 valence electrons. The molecule has 1 aliphatic heterocycles. The highest BCUT2D eigenvalue weighted by Gasteiger charge is 2.29. The van der Waals surface area contributed by atoms with Crippen molar-refractivity contribution in [1.82, 2.24) is 5.32 Å². The van der Waals surface area contributed by atoms with E-state index in [9.17, 15) is 4.79 Å². The van der Waals surface area contributed by atoms with Crippen LogP contribution in [0.4, 0.5) is 0 Å². The quantitative estimate of drug-likeness (QED) is 0.822. The first-order chi connectivity index (χ1) is 10.4. The van der Waals surface area contributed by atoms with Crippen LogP contribution in [0.15, 0.2) is 30.3 Å². The van der Waals surface area contributed by atoms with E-state index in [4.69, 9.17) is 0 Å². The molecule has 1 N–H and O–H groups in total. The van der Waals surface area contributed by atoms with Crippen LogP contribution in [-0.2, 0) is 11.2 Å². The number of fused-ring (bicyclic) bond motifs is 1. The molecule has 22 heavy (non-hydrogen) atoms. The molecular formula is C20H27NO. The van der Waals surface area contributed by atoms with Crippen LogP contribution in [0.5, 0.6) is 0 Å². The molecule has 2 aliphatic rings. The summed E-state index contributed by atoms with van der Waals surface area (Å²) in [6.45, 7) is 6.66. The Morgan fingerprint density at radius 2 is 2.05 bits per heavy atom. The summed E-state index contributed by atoms with van der Waals surface area (Å²) in [5.74, 6) is 1.21. The van der Waals surface area contributed by atoms with Crippen molar-refractivity contribution >= 4 is 11.5 Å². The first-order valence-corrected chi connectivity index (χ1v) is 8.56. The Kier molecular flexibility index (Phi) is 4.12. The maximum Gasteiger partial charge on any atom is 0.160 e. The van der Waals surface area contributed by atoms with E-state index in [2.05, 4.69) is 50.4 Å². The number of hydrogen-bond acceptors (Lipinski definition) is 2. The van der Waals surface area contributed by atoms with E-state index in [1.165, 1.54) is 24.0 Å². The van der Waals surface area contributed by atoms with Gasteiger partial charge in [0.15, 0.2) is 5.78 Å². The monoisotopic (exact) mass is 297 g/mol. The molecule has 1 aliphatic carbocycles. The van der Waals surface area contributed by atoms with Crippen LogP contribution >= 0.6 is 0 Å². The summed E-state index contributed by atoms with van der Waals surface area (Å²) in [4.78, 5) is 12.7. The van der Waals surface area contributed by atoms with E-state index >= 15 is 0 Å². The van der Waals surface area contributed by atoms with E-state index in [-0.39, 0.29) is 11.5 Å². The number of carbonyl (C=O) groups is 1. The second-order valence-electron chi connectivity index (χ2n) is 7.77. The van der Waals surface area contributed by atoms with E-state index in [1.54, 1.807) is 0 Å². The van der Waals surface area contributed by atoms with Crippen LogP contribution in [0.1, 0.15) is 57.6 Å². The van der Waals surface area contributed by atoms with Crippen molar-refractivity contribution in [3.63, 3.8) is 0 Å². The van der Waals surface area contributed by atoms with E-state index in [0.29, 0.717) is 11.7 Å². The Balaban J connectivity index is 1.88. The minimum atomic E-state index is 0.000321. The van der Waals surface area contributed by atoms with Crippen molar-refractivity contribution in [2.75, 3.05) is 0 Å². The first kappa shape index (κ1) is 15.3. The number of benzene rings is 1. The molecule has 2 nitrogen and oxygen atoms in total. The van der Waals surface area contributed by atoms with Crippen molar-refractivity contribution in [1.29, 1.82) is 0 Å². The van der Waals surface area contributed by atoms with Crippen molar-refractivity contribution in [3.8, 4) is 0 Å². The molecule has 1 fully saturated rings. The van der Waals surface area contributed by atoms with Gasteiger partial charge in [0, 0.05) is 28.8 Å². The fraction of sp³-hybridized carbons (Fsp3) is 0.550. The highest BCUT2D eigenvalue weighted by atomic mass is 16.1. The lowest BCUT2D eigenvalue weighted by Gasteiger charge is -2.36. The smallest absolute Gasteiger partial charge is 0.160 e. The second-order valence-corrected chi connectivity index (χ2v) is 7.77. The molecule has 0 spiro atoms. The SMILES string of the molecule is C[C@@H]1CCC[C@H](C(=O)C=C2NC(C)(C)Cc3ccccc32)C1. The molecule has 0 unspecified atom stereocenters. The zero-order valence-electron chi connectivity index (χ0n) is 14.0. The average molecular weight is 297 g/mol. The van der Waals surface area contributed by atoms with Crippen molar-refractivity contribution in [3.05, 3.63) is 41.5 Å². The molecule has 0 aromatic heterocycles. The van der Waals surface area contributed by atoms with Gasteiger partial charge in [0.05, 0.1) is 0 Å². The summed E-state index contributed by atoms with van der Waals surface area (Å²) in [5, 5.41) is 3.57. The molecule has 2 heteroatoms. The van der Waals surface area contributed by atoms with Gasteiger partial charge in [0.1, 0.15) is 0 Å². The van der Waals surface area contributed by atoms with Gasteiger partial charge in [0.2, 0.25) is 0 Å². The van der Waals surface area contributed by atoms with E-state index < -0.39 is 0 Å². The number of ketones is 1. The van der Waals surface area contributed by atoms with Crippen molar-refractivity contribution in [2.24, 2.45) is 11.8 Å². The summed E-state index contributed by atoms with van der Waals surface area (Å²) in [5.41, 5.74) is 3.54. The molecule has 3 rings (SSSR count). The third-order valence-electron chi connectivity index (χ3n) is 5.04. The Bertz CT molecular complexity index is 599. The highest BCUT2D eigenvalue weighted by Crippen LogP contribution is 2.32. The van der Waals surface area contributed by atoms with Crippen LogP contribution in [0.25, 0.3) is 5.70 Å². The van der Waals surface area contributed by atoms with Crippen LogP contribution in [0.3, 0.4) is 0 Å². The lowest BCUT2D eigenvalue weighted by Crippen LogP contribution is -2.44. The van der Waals surface area contributed by atoms with Crippen LogP contribution < -0.4 is 5.32 Å². The lowest BCUT2D eigenvalue weighted by atomic mass is 9.79. The minimum Gasteiger partial charge on any atom is -0.379 e. The van der Waals surface area contributed by atoms with Gasteiger partial charge in [-0.05, 0) is 44.6 Å².